The van der Waals surface area contributed by atoms with Crippen LogP contribution in [-0.4, -0.2) is 11.0 Å². The molecule has 0 bridgehead atoms. The molecule has 0 radical (unpaired) electrons. The highest BCUT2D eigenvalue weighted by Crippen LogP contribution is 2.53. The molecule has 2 aromatic heterocycles. The molecule has 1 unspecified atom stereocenters. The van der Waals surface area contributed by atoms with Crippen LogP contribution in [0.25, 0.3) is 16.6 Å². The molecule has 0 spiro atoms. The van der Waals surface area contributed by atoms with Gasteiger partial charge in [-0.15, -0.1) is 11.3 Å². The summed E-state index contributed by atoms with van der Waals surface area (Å²) in [7, 11) is 0. The third-order valence-electron chi connectivity index (χ3n) is 8.28. The zero-order valence-corrected chi connectivity index (χ0v) is 26.1. The number of hydrogen-bond acceptors (Lipinski definition) is 5. The van der Waals surface area contributed by atoms with Gasteiger partial charge in [0.2, 0.25) is 0 Å². The Balaban J connectivity index is 1.58. The molecule has 41 heavy (non-hydrogen) atoms. The van der Waals surface area contributed by atoms with Crippen LogP contribution >= 0.6 is 11.3 Å². The number of benzene rings is 1. The number of nitrogens with zero attached hydrogens (tertiary/aromatic N) is 4. The highest BCUT2D eigenvalue weighted by molar-refractivity contribution is 7.16. The molecule has 2 aliphatic carbocycles. The van der Waals surface area contributed by atoms with Crippen LogP contribution in [0.3, 0.4) is 0 Å². The topological polar surface area (TPSA) is 63.7 Å². The van der Waals surface area contributed by atoms with Gasteiger partial charge in [-0.05, 0) is 69.9 Å². The molecule has 5 rings (SSSR count). The fourth-order valence-corrected chi connectivity index (χ4v) is 7.02. The van der Waals surface area contributed by atoms with E-state index in [9.17, 15) is 10.5 Å². The third-order valence-corrected chi connectivity index (χ3v) is 9.37. The Labute approximate surface area is 249 Å². The Morgan fingerprint density at radius 2 is 1.66 bits per heavy atom. The highest BCUT2D eigenvalue weighted by atomic mass is 32.1. The van der Waals surface area contributed by atoms with E-state index in [0.29, 0.717) is 0 Å². The van der Waals surface area contributed by atoms with E-state index in [1.54, 1.807) is 17.4 Å². The predicted molar refractivity (Wildman–Crippen MR) is 171 cm³/mol. The first-order chi connectivity index (χ1) is 19.2. The van der Waals surface area contributed by atoms with Gasteiger partial charge in [0.05, 0.1) is 28.5 Å². The molecule has 0 N–H and O–H groups in total. The van der Waals surface area contributed by atoms with Crippen LogP contribution in [0, 0.1) is 28.1 Å². The number of anilines is 2. The van der Waals surface area contributed by atoms with Gasteiger partial charge in [0.15, 0.2) is 0 Å². The Kier molecular flexibility index (Phi) is 7.09. The molecular weight excluding hydrogens is 520 g/mol. The first-order valence-corrected chi connectivity index (χ1v) is 15.0. The average molecular weight is 559 g/mol. The van der Waals surface area contributed by atoms with Gasteiger partial charge in [0.25, 0.3) is 0 Å². The zero-order valence-electron chi connectivity index (χ0n) is 25.3. The molecular formula is C36H38N4S. The molecule has 0 saturated heterocycles. The van der Waals surface area contributed by atoms with Crippen LogP contribution in [0.1, 0.15) is 83.4 Å². The second-order valence-corrected chi connectivity index (χ2v) is 14.7. The number of allylic oxidation sites excluding steroid dienone is 3. The molecule has 2 heterocycles. The summed E-state index contributed by atoms with van der Waals surface area (Å²) in [6, 6.07) is 17.5. The van der Waals surface area contributed by atoms with Gasteiger partial charge in [0.1, 0.15) is 17.7 Å². The summed E-state index contributed by atoms with van der Waals surface area (Å²) in [6.07, 6.45) is 11.6. The molecule has 2 aliphatic rings. The van der Waals surface area contributed by atoms with Crippen LogP contribution in [-0.2, 0) is 10.8 Å². The van der Waals surface area contributed by atoms with Gasteiger partial charge < -0.3 is 4.90 Å². The minimum absolute atomic E-state index is 0.0876. The van der Waals surface area contributed by atoms with Crippen LogP contribution in [0.15, 0.2) is 72.0 Å². The van der Waals surface area contributed by atoms with E-state index in [0.717, 1.165) is 33.2 Å². The summed E-state index contributed by atoms with van der Waals surface area (Å²) in [5.41, 5.74) is 8.37. The second-order valence-electron chi connectivity index (χ2n) is 13.6. The lowest BCUT2D eigenvalue weighted by atomic mass is 9.82. The van der Waals surface area contributed by atoms with E-state index in [-0.39, 0.29) is 27.9 Å². The van der Waals surface area contributed by atoms with Crippen LogP contribution in [0.5, 0.6) is 0 Å². The lowest BCUT2D eigenvalue weighted by molar-refractivity contribution is 0.510. The minimum Gasteiger partial charge on any atom is -0.333 e. The minimum atomic E-state index is -0.251. The summed E-state index contributed by atoms with van der Waals surface area (Å²) in [6.45, 7) is 18.0. The fourth-order valence-electron chi connectivity index (χ4n) is 5.75. The van der Waals surface area contributed by atoms with Crippen molar-refractivity contribution in [2.24, 2.45) is 5.41 Å². The van der Waals surface area contributed by atoms with Crippen molar-refractivity contribution in [2.45, 2.75) is 78.7 Å². The van der Waals surface area contributed by atoms with Crippen molar-refractivity contribution in [3.63, 3.8) is 0 Å². The van der Waals surface area contributed by atoms with Crippen molar-refractivity contribution in [3.05, 3.63) is 93.5 Å². The van der Waals surface area contributed by atoms with Crippen molar-refractivity contribution in [1.82, 2.24) is 4.98 Å². The standard InChI is InChI=1S/C36H38N4S/c1-34(2,3)24-9-13-26(14-10-24)40(27-15-11-25(12-16-27)35(4,5)6)28-18-30-32(39-22-28)33-31(36(30,7)8)19-29(41-33)17-23(20-37)21-38/h9-15,17-19,22,27H,16H2,1-8H3. The fraction of sp³-hybridized carbons (Fsp3) is 0.361. The van der Waals surface area contributed by atoms with Gasteiger partial charge in [0, 0.05) is 16.0 Å². The number of rotatable bonds is 4. The maximum absolute atomic E-state index is 9.23. The summed E-state index contributed by atoms with van der Waals surface area (Å²) in [5, 5.41) is 18.5. The molecule has 0 aliphatic heterocycles. The second kappa shape index (κ2) is 10.2. The van der Waals surface area contributed by atoms with E-state index < -0.39 is 0 Å². The Hall–Kier alpha value is -3.93. The van der Waals surface area contributed by atoms with E-state index in [1.807, 2.05) is 18.3 Å². The Morgan fingerprint density at radius 1 is 0.976 bits per heavy atom. The quantitative estimate of drug-likeness (QED) is 0.299. The van der Waals surface area contributed by atoms with Crippen LogP contribution in [0.2, 0.25) is 0 Å². The van der Waals surface area contributed by atoms with Crippen LogP contribution < -0.4 is 4.90 Å². The zero-order chi connectivity index (χ0) is 29.7. The van der Waals surface area contributed by atoms with Gasteiger partial charge in [-0.3, -0.25) is 4.98 Å². The average Bonchev–Trinajstić information content (AvgIpc) is 3.43. The molecule has 4 nitrogen and oxygen atoms in total. The van der Waals surface area contributed by atoms with Crippen molar-refractivity contribution in [3.8, 4) is 22.7 Å². The number of hydrogen-bond donors (Lipinski definition) is 0. The summed E-state index contributed by atoms with van der Waals surface area (Å²) >= 11 is 1.60. The van der Waals surface area contributed by atoms with Crippen molar-refractivity contribution in [2.75, 3.05) is 4.90 Å². The largest absolute Gasteiger partial charge is 0.333 e. The Bertz CT molecular complexity index is 1650. The molecule has 208 valence electrons. The van der Waals surface area contributed by atoms with Gasteiger partial charge in [-0.25, -0.2) is 0 Å². The number of aromatic nitrogens is 1. The third kappa shape index (κ3) is 5.28. The molecule has 0 saturated carbocycles. The number of thiophene rings is 1. The predicted octanol–water partition coefficient (Wildman–Crippen LogP) is 9.62. The summed E-state index contributed by atoms with van der Waals surface area (Å²) < 4.78 is 0. The lowest BCUT2D eigenvalue weighted by Gasteiger charge is -2.35. The summed E-state index contributed by atoms with van der Waals surface area (Å²) in [4.78, 5) is 9.51. The molecule has 0 amide bonds. The first-order valence-electron chi connectivity index (χ1n) is 14.2. The van der Waals surface area contributed by atoms with E-state index in [4.69, 9.17) is 4.98 Å². The monoisotopic (exact) mass is 558 g/mol. The molecule has 5 heteroatoms. The normalized spacial score (nSPS) is 17.1. The van der Waals surface area contributed by atoms with E-state index in [2.05, 4.69) is 115 Å². The number of pyridine rings is 1. The van der Waals surface area contributed by atoms with Crippen molar-refractivity contribution >= 4 is 28.8 Å². The molecule has 3 aromatic rings. The van der Waals surface area contributed by atoms with Gasteiger partial charge >= 0.3 is 0 Å². The maximum Gasteiger partial charge on any atom is 0.131 e. The van der Waals surface area contributed by atoms with Gasteiger partial charge in [-0.2, -0.15) is 10.5 Å². The van der Waals surface area contributed by atoms with E-state index >= 15 is 0 Å². The first kappa shape index (κ1) is 28.6. The molecule has 1 aromatic carbocycles. The van der Waals surface area contributed by atoms with Crippen molar-refractivity contribution in [1.29, 1.82) is 10.5 Å². The number of fused-ring (bicyclic) bond motifs is 3. The molecule has 0 fully saturated rings. The van der Waals surface area contributed by atoms with Crippen LogP contribution in [0.4, 0.5) is 11.4 Å². The molecule has 1 atom stereocenters. The number of nitriles is 2. The highest BCUT2D eigenvalue weighted by Gasteiger charge is 2.39. The smallest absolute Gasteiger partial charge is 0.131 e. The van der Waals surface area contributed by atoms with Gasteiger partial charge in [-0.1, -0.05) is 85.8 Å². The summed E-state index contributed by atoms with van der Waals surface area (Å²) in [5.74, 6) is 0. The lowest BCUT2D eigenvalue weighted by Crippen LogP contribution is -2.31. The SMILES string of the molecule is CC(C)(C)C1=CCC(N(c2ccc(C(C)(C)C)cc2)c2cnc3c(c2)C(C)(C)c2cc(C=C(C#N)C#N)sc2-3)C=C1. The van der Waals surface area contributed by atoms with E-state index in [1.165, 1.54) is 22.3 Å². The Morgan fingerprint density at radius 3 is 2.22 bits per heavy atom. The maximum atomic E-state index is 9.23. The van der Waals surface area contributed by atoms with Crippen molar-refractivity contribution < 1.29 is 0 Å².